The summed E-state index contributed by atoms with van der Waals surface area (Å²) in [6, 6.07) is 5.63. The van der Waals surface area contributed by atoms with Crippen LogP contribution in [0.1, 0.15) is 6.42 Å². The molecule has 0 unspecified atom stereocenters. The van der Waals surface area contributed by atoms with Crippen LogP contribution in [0, 0.1) is 0 Å². The summed E-state index contributed by atoms with van der Waals surface area (Å²) >= 11 is 1.68. The zero-order valence-corrected chi connectivity index (χ0v) is 16.9. The highest BCUT2D eigenvalue weighted by molar-refractivity contribution is 14.1. The van der Waals surface area contributed by atoms with Crippen molar-refractivity contribution in [2.24, 2.45) is 0 Å². The molecule has 0 saturated carbocycles. The molecule has 1 heterocycles. The molecule has 0 aliphatic carbocycles. The number of nitrogens with one attached hydrogen (secondary N) is 2. The monoisotopic (exact) mass is 518 g/mol. The molecule has 0 aromatic heterocycles. The Labute approximate surface area is 168 Å². The molecule has 1 fully saturated rings. The first kappa shape index (κ1) is 22.3. The van der Waals surface area contributed by atoms with Crippen LogP contribution >= 0.6 is 30.5 Å². The number of benzene rings is 1. The van der Waals surface area contributed by atoms with E-state index >= 15 is 0 Å². The Balaban J connectivity index is 2.03. The topological polar surface area (TPSA) is 178 Å². The third-order valence-electron chi connectivity index (χ3n) is 3.82. The van der Waals surface area contributed by atoms with Gasteiger partial charge in [0.2, 0.25) is 6.29 Å². The van der Waals surface area contributed by atoms with Crippen molar-refractivity contribution in [1.29, 1.82) is 0 Å². The number of aliphatic hydroxyl groups is 3. The molecule has 1 aromatic rings. The molecule has 2 amide bonds. The van der Waals surface area contributed by atoms with Crippen LogP contribution in [0.25, 0.3) is 0 Å². The van der Waals surface area contributed by atoms with Gasteiger partial charge in [-0.15, -0.1) is 0 Å². The van der Waals surface area contributed by atoms with E-state index < -0.39 is 50.5 Å². The molecule has 0 bridgehead atoms. The van der Waals surface area contributed by atoms with Gasteiger partial charge in [-0.2, -0.15) is 0 Å². The van der Waals surface area contributed by atoms with Gasteiger partial charge in [-0.3, -0.25) is 8.10 Å². The average Bonchev–Trinajstić information content (AvgIpc) is 2.61. The molecule has 5 atom stereocenters. The Morgan fingerprint density at radius 1 is 1.15 bits per heavy atom. The van der Waals surface area contributed by atoms with Crippen molar-refractivity contribution in [1.82, 2.24) is 3.53 Å². The van der Waals surface area contributed by atoms with E-state index in [2.05, 4.69) is 8.85 Å². The maximum Gasteiger partial charge on any atom is 0.327 e. The highest BCUT2D eigenvalue weighted by atomic mass is 127. The van der Waals surface area contributed by atoms with Crippen LogP contribution in [0.2, 0.25) is 0 Å². The number of urea groups is 1. The quantitative estimate of drug-likeness (QED) is 0.154. The number of halogens is 1. The van der Waals surface area contributed by atoms with Gasteiger partial charge in [0, 0.05) is 5.69 Å². The summed E-state index contributed by atoms with van der Waals surface area (Å²) in [7, 11) is -4.32. The summed E-state index contributed by atoms with van der Waals surface area (Å²) < 4.78 is 24.2. The van der Waals surface area contributed by atoms with Crippen molar-refractivity contribution in [2.45, 2.75) is 37.1 Å². The second-order valence-electron chi connectivity index (χ2n) is 5.88. The molecule has 1 aliphatic heterocycles. The van der Waals surface area contributed by atoms with Gasteiger partial charge < -0.3 is 39.9 Å². The molecule has 1 aliphatic rings. The molecule has 0 spiro atoms. The first-order valence-electron chi connectivity index (χ1n) is 7.79. The standard InChI is InChI=1S/C14H20IN2O9P/c15-17-14(21)16-7-1-3-8(4-2-7)25-13-12(20)11(19)10(18)9(26-13)5-6-27(22,23)24/h1-4,9-13,18-20H,5-6H2,(H2,16,17,21)(H2,22,23,24)/t9-,10-,11+,12+,13+/m1/s1. The summed E-state index contributed by atoms with van der Waals surface area (Å²) in [6.45, 7) is 0. The van der Waals surface area contributed by atoms with Crippen LogP contribution in [0.3, 0.4) is 0 Å². The Morgan fingerprint density at radius 2 is 1.78 bits per heavy atom. The third kappa shape index (κ3) is 6.54. The summed E-state index contributed by atoms with van der Waals surface area (Å²) in [5, 5.41) is 32.5. The molecule has 1 saturated heterocycles. The number of ether oxygens (including phenoxy) is 2. The lowest BCUT2D eigenvalue weighted by Crippen LogP contribution is -2.59. The molecule has 2 rings (SSSR count). The highest BCUT2D eigenvalue weighted by Crippen LogP contribution is 2.37. The number of amides is 2. The number of rotatable bonds is 6. The molecule has 1 aromatic carbocycles. The average molecular weight is 518 g/mol. The second kappa shape index (κ2) is 9.47. The van der Waals surface area contributed by atoms with E-state index in [1.165, 1.54) is 24.3 Å². The van der Waals surface area contributed by atoms with Gasteiger partial charge in [-0.25, -0.2) is 4.79 Å². The lowest BCUT2D eigenvalue weighted by atomic mass is 9.97. The van der Waals surface area contributed by atoms with Crippen LogP contribution in [-0.2, 0) is 9.30 Å². The van der Waals surface area contributed by atoms with Crippen molar-refractivity contribution in [3.63, 3.8) is 0 Å². The molecule has 27 heavy (non-hydrogen) atoms. The predicted octanol–water partition coefficient (Wildman–Crippen LogP) is -0.0877. The molecule has 13 heteroatoms. The molecular formula is C14H20IN2O9P. The van der Waals surface area contributed by atoms with Gasteiger partial charge in [0.1, 0.15) is 24.1 Å². The summed E-state index contributed by atoms with van der Waals surface area (Å²) in [4.78, 5) is 29.2. The second-order valence-corrected chi connectivity index (χ2v) is 8.20. The lowest BCUT2D eigenvalue weighted by Gasteiger charge is -2.40. The van der Waals surface area contributed by atoms with E-state index in [4.69, 9.17) is 19.3 Å². The van der Waals surface area contributed by atoms with Crippen LogP contribution in [-0.4, -0.2) is 68.0 Å². The predicted molar refractivity (Wildman–Crippen MR) is 101 cm³/mol. The minimum atomic E-state index is -4.32. The summed E-state index contributed by atoms with van der Waals surface area (Å²) in [6.07, 6.45) is -7.99. The Morgan fingerprint density at radius 3 is 2.33 bits per heavy atom. The van der Waals surface area contributed by atoms with Crippen LogP contribution in [0.4, 0.5) is 10.5 Å². The number of aliphatic hydroxyl groups excluding tert-OH is 3. The summed E-state index contributed by atoms with van der Waals surface area (Å²) in [5.41, 5.74) is 0.483. The Kier molecular flexibility index (Phi) is 7.83. The number of carbonyl (C=O) groups excluding carboxylic acids is 1. The molecule has 7 N–H and O–H groups in total. The zero-order chi connectivity index (χ0) is 20.2. The number of hydrogen-bond donors (Lipinski definition) is 7. The van der Waals surface area contributed by atoms with Crippen molar-refractivity contribution < 1.29 is 43.9 Å². The largest absolute Gasteiger partial charge is 0.462 e. The van der Waals surface area contributed by atoms with E-state index in [-0.39, 0.29) is 12.2 Å². The Hall–Kier alpha value is -0.990. The fourth-order valence-corrected chi connectivity index (χ4v) is 3.18. The minimum absolute atomic E-state index is 0.233. The van der Waals surface area contributed by atoms with Crippen LogP contribution < -0.4 is 13.6 Å². The molecule has 11 nitrogen and oxygen atoms in total. The third-order valence-corrected chi connectivity index (χ3v) is 5.15. The number of carbonyl (C=O) groups is 1. The maximum absolute atomic E-state index is 11.2. The van der Waals surface area contributed by atoms with Gasteiger partial charge >= 0.3 is 13.6 Å². The van der Waals surface area contributed by atoms with Gasteiger partial charge in [-0.1, -0.05) is 0 Å². The van der Waals surface area contributed by atoms with Crippen LogP contribution in [0.5, 0.6) is 5.75 Å². The molecular weight excluding hydrogens is 498 g/mol. The zero-order valence-electron chi connectivity index (χ0n) is 13.8. The van der Waals surface area contributed by atoms with E-state index in [1.807, 2.05) is 0 Å². The molecule has 152 valence electrons. The van der Waals surface area contributed by atoms with Gasteiger partial charge in [0.15, 0.2) is 0 Å². The van der Waals surface area contributed by atoms with Gasteiger partial charge in [0.05, 0.1) is 35.1 Å². The highest BCUT2D eigenvalue weighted by Gasteiger charge is 2.45. The fourth-order valence-electron chi connectivity index (χ4n) is 2.45. The first-order chi connectivity index (χ1) is 12.6. The number of hydrogen-bond acceptors (Lipinski definition) is 7. The van der Waals surface area contributed by atoms with Gasteiger partial charge in [0.25, 0.3) is 0 Å². The minimum Gasteiger partial charge on any atom is -0.462 e. The van der Waals surface area contributed by atoms with Gasteiger partial charge in [-0.05, 0) is 30.7 Å². The Bertz CT molecular complexity index is 686. The lowest BCUT2D eigenvalue weighted by molar-refractivity contribution is -0.272. The molecule has 0 radical (unpaired) electrons. The maximum atomic E-state index is 11.2. The van der Waals surface area contributed by atoms with Crippen molar-refractivity contribution in [2.75, 3.05) is 11.5 Å². The van der Waals surface area contributed by atoms with E-state index in [1.54, 1.807) is 22.9 Å². The van der Waals surface area contributed by atoms with Crippen molar-refractivity contribution in [3.8, 4) is 5.75 Å². The van der Waals surface area contributed by atoms with Crippen LogP contribution in [0.15, 0.2) is 24.3 Å². The fraction of sp³-hybridized carbons (Fsp3) is 0.500. The van der Waals surface area contributed by atoms with E-state index in [0.717, 1.165) is 0 Å². The smallest absolute Gasteiger partial charge is 0.327 e. The van der Waals surface area contributed by atoms with Crippen molar-refractivity contribution in [3.05, 3.63) is 24.3 Å². The van der Waals surface area contributed by atoms with E-state index in [0.29, 0.717) is 5.69 Å². The SMILES string of the molecule is O=C(NI)Nc1ccc(O[C@H]2O[C@H](CCP(=O)(O)O)[C@@H](O)[C@H](O)[C@@H]2O)cc1. The first-order valence-corrected chi connectivity index (χ1v) is 10.7. The van der Waals surface area contributed by atoms with Crippen molar-refractivity contribution >= 4 is 42.2 Å². The summed E-state index contributed by atoms with van der Waals surface area (Å²) in [5.74, 6) is 0.247. The normalized spacial score (nSPS) is 28.4. The van der Waals surface area contributed by atoms with E-state index in [9.17, 15) is 24.7 Å². The number of anilines is 1.